The fraction of sp³-hybridized carbons (Fsp3) is 0.571. The lowest BCUT2D eigenvalue weighted by atomic mass is 9.95. The number of aryl methyl sites for hydroxylation is 1. The van der Waals surface area contributed by atoms with Gasteiger partial charge < -0.3 is 0 Å². The van der Waals surface area contributed by atoms with E-state index in [1.807, 2.05) is 18.2 Å². The molecule has 20 heavy (non-hydrogen) atoms. The van der Waals surface area contributed by atoms with E-state index in [-0.39, 0.29) is 17.6 Å². The minimum absolute atomic E-state index is 0.0403. The third-order valence-electron chi connectivity index (χ3n) is 3.81. The Kier molecular flexibility index (Phi) is 4.88. The Morgan fingerprint density at radius 3 is 2.60 bits per heavy atom. The molecule has 1 aliphatic rings. The molecule has 0 aliphatic heterocycles. The van der Waals surface area contributed by atoms with Crippen LogP contribution in [0, 0.1) is 0 Å². The Morgan fingerprint density at radius 1 is 1.30 bits per heavy atom. The van der Waals surface area contributed by atoms with Gasteiger partial charge in [-0.25, -0.2) is 12.7 Å². The summed E-state index contributed by atoms with van der Waals surface area (Å²) < 4.78 is 26.0. The van der Waals surface area contributed by atoms with Crippen molar-refractivity contribution in [2.45, 2.75) is 38.1 Å². The van der Waals surface area contributed by atoms with E-state index in [1.165, 1.54) is 4.31 Å². The molecule has 0 atom stereocenters. The van der Waals surface area contributed by atoms with Crippen LogP contribution in [0.4, 0.5) is 0 Å². The van der Waals surface area contributed by atoms with E-state index in [1.54, 1.807) is 13.2 Å². The summed E-state index contributed by atoms with van der Waals surface area (Å²) in [6.45, 7) is 0. The molecule has 2 rings (SSSR count). The lowest BCUT2D eigenvalue weighted by Gasteiger charge is -2.29. The van der Waals surface area contributed by atoms with Gasteiger partial charge in [0.15, 0.2) is 0 Å². The first-order chi connectivity index (χ1) is 9.49. The van der Waals surface area contributed by atoms with Crippen LogP contribution in [-0.2, 0) is 21.2 Å². The molecule has 0 amide bonds. The number of sulfonamides is 1. The lowest BCUT2D eigenvalue weighted by molar-refractivity contribution is -0.120. The third kappa shape index (κ3) is 3.86. The predicted octanol–water partition coefficient (Wildman–Crippen LogP) is 1.40. The topological polar surface area (TPSA) is 67.3 Å². The highest BCUT2D eigenvalue weighted by Crippen LogP contribution is 2.22. The molecular formula is C14H20N2O3S. The van der Waals surface area contributed by atoms with Gasteiger partial charge in [-0.2, -0.15) is 0 Å². The highest BCUT2D eigenvalue weighted by Gasteiger charge is 2.29. The summed E-state index contributed by atoms with van der Waals surface area (Å²) in [4.78, 5) is 15.4. The molecule has 0 radical (unpaired) electrons. The average Bonchev–Trinajstić information content (AvgIpc) is 2.46. The van der Waals surface area contributed by atoms with Gasteiger partial charge in [-0.1, -0.05) is 6.07 Å². The standard InChI is InChI=1S/C14H20N2O3S/c1-16(13-5-7-14(17)8-6-13)20(18,19)11-9-12-4-2-3-10-15-12/h2-4,10,13H,5-9,11H2,1H3. The summed E-state index contributed by atoms with van der Waals surface area (Å²) in [5, 5.41) is 0. The monoisotopic (exact) mass is 296 g/mol. The molecule has 0 N–H and O–H groups in total. The number of nitrogens with zero attached hydrogens (tertiary/aromatic N) is 2. The summed E-state index contributed by atoms with van der Waals surface area (Å²) in [5.41, 5.74) is 0.781. The first-order valence-corrected chi connectivity index (χ1v) is 8.47. The van der Waals surface area contributed by atoms with Gasteiger partial charge in [0.25, 0.3) is 0 Å². The number of aromatic nitrogens is 1. The fourth-order valence-corrected chi connectivity index (χ4v) is 3.86. The second kappa shape index (κ2) is 6.45. The van der Waals surface area contributed by atoms with Crippen LogP contribution < -0.4 is 0 Å². The molecule has 0 saturated heterocycles. The van der Waals surface area contributed by atoms with Gasteiger partial charge in [-0.05, 0) is 25.0 Å². The van der Waals surface area contributed by atoms with Crippen molar-refractivity contribution in [2.24, 2.45) is 0 Å². The second-order valence-electron chi connectivity index (χ2n) is 5.17. The van der Waals surface area contributed by atoms with Gasteiger partial charge in [0, 0.05) is 44.2 Å². The average molecular weight is 296 g/mol. The second-order valence-corrected chi connectivity index (χ2v) is 7.32. The summed E-state index contributed by atoms with van der Waals surface area (Å²) in [5.74, 6) is 0.297. The minimum Gasteiger partial charge on any atom is -0.300 e. The van der Waals surface area contributed by atoms with E-state index < -0.39 is 10.0 Å². The third-order valence-corrected chi connectivity index (χ3v) is 5.70. The Hall–Kier alpha value is -1.27. The van der Waals surface area contributed by atoms with Gasteiger partial charge in [0.05, 0.1) is 5.75 Å². The Bertz CT molecular complexity index is 547. The van der Waals surface area contributed by atoms with Crippen molar-refractivity contribution in [3.8, 4) is 0 Å². The summed E-state index contributed by atoms with van der Waals surface area (Å²) in [6.07, 6.45) is 4.34. The fourth-order valence-electron chi connectivity index (χ4n) is 2.44. The van der Waals surface area contributed by atoms with Crippen LogP contribution in [0.3, 0.4) is 0 Å². The molecule has 1 saturated carbocycles. The van der Waals surface area contributed by atoms with Crippen LogP contribution in [0.15, 0.2) is 24.4 Å². The van der Waals surface area contributed by atoms with Crippen molar-refractivity contribution in [3.63, 3.8) is 0 Å². The molecule has 110 valence electrons. The van der Waals surface area contributed by atoms with E-state index in [4.69, 9.17) is 0 Å². The van der Waals surface area contributed by atoms with Crippen LogP contribution in [-0.4, -0.2) is 42.3 Å². The number of Topliss-reactive ketones (excluding diaryl/α,β-unsaturated/α-hetero) is 1. The maximum atomic E-state index is 12.3. The van der Waals surface area contributed by atoms with Crippen molar-refractivity contribution in [1.29, 1.82) is 0 Å². The first-order valence-electron chi connectivity index (χ1n) is 6.86. The highest BCUT2D eigenvalue weighted by molar-refractivity contribution is 7.89. The molecule has 1 aliphatic carbocycles. The molecule has 0 bridgehead atoms. The number of ketones is 1. The Morgan fingerprint density at radius 2 is 2.00 bits per heavy atom. The summed E-state index contributed by atoms with van der Waals surface area (Å²) >= 11 is 0. The zero-order valence-corrected chi connectivity index (χ0v) is 12.5. The number of rotatable bonds is 5. The zero-order valence-electron chi connectivity index (χ0n) is 11.7. The number of pyridine rings is 1. The van der Waals surface area contributed by atoms with Crippen LogP contribution in [0.25, 0.3) is 0 Å². The quantitative estimate of drug-likeness (QED) is 0.823. The van der Waals surface area contributed by atoms with Gasteiger partial charge in [-0.15, -0.1) is 0 Å². The van der Waals surface area contributed by atoms with Crippen LogP contribution in [0.5, 0.6) is 0 Å². The molecule has 0 unspecified atom stereocenters. The predicted molar refractivity (Wildman–Crippen MR) is 76.8 cm³/mol. The van der Waals surface area contributed by atoms with Crippen LogP contribution in [0.1, 0.15) is 31.4 Å². The molecule has 5 nitrogen and oxygen atoms in total. The van der Waals surface area contributed by atoms with Crippen molar-refractivity contribution in [1.82, 2.24) is 9.29 Å². The summed E-state index contributed by atoms with van der Waals surface area (Å²) in [6, 6.07) is 5.45. The maximum absolute atomic E-state index is 12.3. The van der Waals surface area contributed by atoms with Crippen molar-refractivity contribution in [3.05, 3.63) is 30.1 Å². The molecule has 0 spiro atoms. The largest absolute Gasteiger partial charge is 0.300 e. The van der Waals surface area contributed by atoms with Crippen molar-refractivity contribution in [2.75, 3.05) is 12.8 Å². The van der Waals surface area contributed by atoms with E-state index in [9.17, 15) is 13.2 Å². The highest BCUT2D eigenvalue weighted by atomic mass is 32.2. The number of carbonyl (C=O) groups is 1. The molecule has 0 aromatic carbocycles. The van der Waals surface area contributed by atoms with E-state index in [0.717, 1.165) is 5.69 Å². The normalized spacial score (nSPS) is 17.6. The van der Waals surface area contributed by atoms with Crippen molar-refractivity contribution < 1.29 is 13.2 Å². The van der Waals surface area contributed by atoms with Gasteiger partial charge in [0.1, 0.15) is 5.78 Å². The van der Waals surface area contributed by atoms with E-state index in [0.29, 0.717) is 32.1 Å². The van der Waals surface area contributed by atoms with Gasteiger partial charge in [0.2, 0.25) is 10.0 Å². The van der Waals surface area contributed by atoms with Crippen molar-refractivity contribution >= 4 is 15.8 Å². The van der Waals surface area contributed by atoms with E-state index in [2.05, 4.69) is 4.98 Å². The number of hydrogen-bond donors (Lipinski definition) is 0. The Labute approximate surface area is 120 Å². The Balaban J connectivity index is 1.94. The van der Waals surface area contributed by atoms with Gasteiger partial charge >= 0.3 is 0 Å². The van der Waals surface area contributed by atoms with Gasteiger partial charge in [-0.3, -0.25) is 9.78 Å². The zero-order chi connectivity index (χ0) is 14.6. The summed E-state index contributed by atoms with van der Waals surface area (Å²) in [7, 11) is -1.67. The molecule has 1 heterocycles. The molecular weight excluding hydrogens is 276 g/mol. The molecule has 1 aromatic rings. The maximum Gasteiger partial charge on any atom is 0.214 e. The number of hydrogen-bond acceptors (Lipinski definition) is 4. The van der Waals surface area contributed by atoms with E-state index >= 15 is 0 Å². The first kappa shape index (κ1) is 15.1. The SMILES string of the molecule is CN(C1CCC(=O)CC1)S(=O)(=O)CCc1ccccn1. The molecule has 1 aromatic heterocycles. The van der Waals surface area contributed by atoms with Crippen LogP contribution in [0.2, 0.25) is 0 Å². The van der Waals surface area contributed by atoms with Crippen LogP contribution >= 0.6 is 0 Å². The molecule has 6 heteroatoms. The minimum atomic E-state index is -3.29. The molecule has 1 fully saturated rings. The smallest absolute Gasteiger partial charge is 0.214 e. The number of carbonyl (C=O) groups excluding carboxylic acids is 1. The lowest BCUT2D eigenvalue weighted by Crippen LogP contribution is -2.41.